The molecule has 0 saturated carbocycles. The Labute approximate surface area is 282 Å². The third-order valence-corrected chi connectivity index (χ3v) is 9.54. The lowest BCUT2D eigenvalue weighted by molar-refractivity contribution is 0.289. The quantitative estimate of drug-likeness (QED) is 0.120. The minimum absolute atomic E-state index is 0.248. The first-order chi connectivity index (χ1) is 22.7. The fraction of sp³-hybridized carbons (Fsp3) is 0.211. The van der Waals surface area contributed by atoms with Crippen LogP contribution in [-0.2, 0) is 20.0 Å². The van der Waals surface area contributed by atoms with Crippen LogP contribution in [0.1, 0.15) is 52.7 Å². The van der Waals surface area contributed by atoms with E-state index in [1.54, 1.807) is 109 Å². The van der Waals surface area contributed by atoms with E-state index in [0.29, 0.717) is 34.1 Å². The molecule has 10 heteroatoms. The Balaban J connectivity index is 1.62. The summed E-state index contributed by atoms with van der Waals surface area (Å²) in [6.45, 7) is 11.8. The maximum Gasteiger partial charge on any atom is 0.647 e. The molecule has 0 spiro atoms. The molecule has 0 radical (unpaired) electrons. The van der Waals surface area contributed by atoms with Crippen molar-refractivity contribution < 1.29 is 36.3 Å². The van der Waals surface area contributed by atoms with Gasteiger partial charge in [-0.2, -0.15) is 9.13 Å². The molecule has 0 aliphatic heterocycles. The fourth-order valence-electron chi connectivity index (χ4n) is 4.68. The van der Waals surface area contributed by atoms with Gasteiger partial charge in [0.1, 0.15) is 34.5 Å². The highest BCUT2D eigenvalue weighted by molar-refractivity contribution is 7.50. The third-order valence-electron chi connectivity index (χ3n) is 6.96. The van der Waals surface area contributed by atoms with E-state index in [1.807, 2.05) is 65.8 Å². The lowest BCUT2D eigenvalue weighted by Crippen LogP contribution is -2.20. The van der Waals surface area contributed by atoms with Crippen LogP contribution < -0.4 is 27.1 Å². The standard InChI is InChI=1S/C38H40O8P2/c1-37(2,3)33-27-36(46-48(40,43-31-23-15-9-16-24-31)44-32-25-17-10-18-26-32)34(38(4,5)6)28-35(33)45-47(39,41-29-19-11-7-12-20-29)42-30-21-13-8-14-22-30/h7-28H,1-6H3. The molecule has 0 atom stereocenters. The van der Waals surface area contributed by atoms with Gasteiger partial charge < -0.3 is 27.1 Å². The Kier molecular flexibility index (Phi) is 10.3. The first kappa shape index (κ1) is 34.7. The molecule has 0 unspecified atom stereocenters. The average molecular weight is 687 g/mol. The highest BCUT2D eigenvalue weighted by Gasteiger charge is 2.39. The van der Waals surface area contributed by atoms with Crippen LogP contribution in [0.4, 0.5) is 0 Å². The van der Waals surface area contributed by atoms with Gasteiger partial charge in [0.2, 0.25) is 0 Å². The normalized spacial score (nSPS) is 12.1. The molecular weight excluding hydrogens is 646 g/mol. The molecule has 0 heterocycles. The predicted molar refractivity (Wildman–Crippen MR) is 189 cm³/mol. The maximum absolute atomic E-state index is 14.5. The first-order valence-corrected chi connectivity index (χ1v) is 18.4. The Morgan fingerprint density at radius 2 is 0.604 bits per heavy atom. The second-order valence-electron chi connectivity index (χ2n) is 13.0. The molecule has 5 aromatic rings. The zero-order valence-corrected chi connectivity index (χ0v) is 29.7. The van der Waals surface area contributed by atoms with Crippen LogP contribution in [-0.4, -0.2) is 0 Å². The monoisotopic (exact) mass is 686 g/mol. The van der Waals surface area contributed by atoms with Gasteiger partial charge in [0, 0.05) is 11.1 Å². The minimum Gasteiger partial charge on any atom is -0.386 e. The summed E-state index contributed by atoms with van der Waals surface area (Å²) in [6.07, 6.45) is 0. The Bertz CT molecular complexity index is 1650. The summed E-state index contributed by atoms with van der Waals surface area (Å²) in [5, 5.41) is 0. The molecule has 0 amide bonds. The zero-order valence-electron chi connectivity index (χ0n) is 27.9. The minimum atomic E-state index is -4.35. The van der Waals surface area contributed by atoms with E-state index in [4.69, 9.17) is 27.1 Å². The van der Waals surface area contributed by atoms with Gasteiger partial charge in [0.05, 0.1) is 0 Å². The molecule has 250 valence electrons. The van der Waals surface area contributed by atoms with Crippen molar-refractivity contribution in [3.05, 3.63) is 145 Å². The molecule has 8 nitrogen and oxygen atoms in total. The van der Waals surface area contributed by atoms with E-state index in [2.05, 4.69) is 0 Å². The lowest BCUT2D eigenvalue weighted by atomic mass is 9.81. The van der Waals surface area contributed by atoms with Crippen molar-refractivity contribution in [2.24, 2.45) is 0 Å². The number of phosphoric acid groups is 2. The Hall–Kier alpha value is -4.64. The van der Waals surface area contributed by atoms with E-state index in [9.17, 15) is 9.13 Å². The van der Waals surface area contributed by atoms with Crippen LogP contribution >= 0.6 is 15.6 Å². The van der Waals surface area contributed by atoms with Gasteiger partial charge in [-0.05, 0) is 71.5 Å². The third kappa shape index (κ3) is 9.25. The van der Waals surface area contributed by atoms with E-state index in [0.717, 1.165) is 0 Å². The van der Waals surface area contributed by atoms with Gasteiger partial charge in [-0.1, -0.05) is 114 Å². The van der Waals surface area contributed by atoms with Crippen molar-refractivity contribution in [1.82, 2.24) is 0 Å². The van der Waals surface area contributed by atoms with Crippen LogP contribution in [0.2, 0.25) is 0 Å². The second kappa shape index (κ2) is 14.2. The Morgan fingerprint density at radius 1 is 0.375 bits per heavy atom. The first-order valence-electron chi connectivity index (χ1n) is 15.5. The summed E-state index contributed by atoms with van der Waals surface area (Å²) in [6, 6.07) is 38.2. The molecule has 0 fully saturated rings. The number of para-hydroxylation sites is 4. The molecule has 5 aromatic carbocycles. The summed E-state index contributed by atoms with van der Waals surface area (Å²) in [5.74, 6) is 1.73. The molecule has 0 aromatic heterocycles. The lowest BCUT2D eigenvalue weighted by Gasteiger charge is -2.30. The molecule has 0 aliphatic rings. The summed E-state index contributed by atoms with van der Waals surface area (Å²) in [7, 11) is -8.69. The van der Waals surface area contributed by atoms with Crippen molar-refractivity contribution >= 4 is 15.6 Å². The number of benzene rings is 5. The van der Waals surface area contributed by atoms with Crippen LogP contribution in [0, 0.1) is 0 Å². The van der Waals surface area contributed by atoms with E-state index < -0.39 is 26.5 Å². The summed E-state index contributed by atoms with van der Waals surface area (Å²) >= 11 is 0. The van der Waals surface area contributed by atoms with Crippen LogP contribution in [0.3, 0.4) is 0 Å². The second-order valence-corrected chi connectivity index (χ2v) is 15.9. The van der Waals surface area contributed by atoms with E-state index in [1.165, 1.54) is 0 Å². The number of hydrogen-bond donors (Lipinski definition) is 0. The van der Waals surface area contributed by atoms with Gasteiger partial charge in [-0.15, -0.1) is 0 Å². The van der Waals surface area contributed by atoms with Crippen molar-refractivity contribution in [1.29, 1.82) is 0 Å². The maximum atomic E-state index is 14.5. The molecule has 0 aliphatic carbocycles. The predicted octanol–water partition coefficient (Wildman–Crippen LogP) is 11.6. The number of hydrogen-bond acceptors (Lipinski definition) is 8. The fourth-order valence-corrected chi connectivity index (χ4v) is 7.20. The summed E-state index contributed by atoms with van der Waals surface area (Å²) in [5.41, 5.74) is 0.00681. The van der Waals surface area contributed by atoms with Crippen molar-refractivity contribution in [2.75, 3.05) is 0 Å². The highest BCUT2D eigenvalue weighted by Crippen LogP contribution is 2.56. The van der Waals surface area contributed by atoms with Crippen molar-refractivity contribution in [2.45, 2.75) is 52.4 Å². The van der Waals surface area contributed by atoms with E-state index >= 15 is 0 Å². The summed E-state index contributed by atoms with van der Waals surface area (Å²) in [4.78, 5) is 0. The molecular formula is C38H40O8P2. The van der Waals surface area contributed by atoms with E-state index in [-0.39, 0.29) is 11.5 Å². The Morgan fingerprint density at radius 3 is 0.812 bits per heavy atom. The smallest absolute Gasteiger partial charge is 0.386 e. The molecule has 0 bridgehead atoms. The van der Waals surface area contributed by atoms with Gasteiger partial charge in [0.25, 0.3) is 0 Å². The number of rotatable bonds is 12. The van der Waals surface area contributed by atoms with Crippen molar-refractivity contribution in [3.63, 3.8) is 0 Å². The molecule has 48 heavy (non-hydrogen) atoms. The average Bonchev–Trinajstić information content (AvgIpc) is 3.02. The van der Waals surface area contributed by atoms with Gasteiger partial charge in [-0.25, -0.2) is 0 Å². The van der Waals surface area contributed by atoms with Crippen LogP contribution in [0.15, 0.2) is 133 Å². The van der Waals surface area contributed by atoms with Gasteiger partial charge in [0.15, 0.2) is 0 Å². The van der Waals surface area contributed by atoms with Crippen LogP contribution in [0.5, 0.6) is 34.5 Å². The zero-order chi connectivity index (χ0) is 34.4. The molecule has 0 saturated heterocycles. The number of phosphoric ester groups is 2. The van der Waals surface area contributed by atoms with Crippen LogP contribution in [0.25, 0.3) is 0 Å². The van der Waals surface area contributed by atoms with Gasteiger partial charge >= 0.3 is 15.6 Å². The highest BCUT2D eigenvalue weighted by atomic mass is 31.2. The topological polar surface area (TPSA) is 89.5 Å². The van der Waals surface area contributed by atoms with Crippen molar-refractivity contribution in [3.8, 4) is 34.5 Å². The SMILES string of the molecule is CC(C)(C)c1cc(OP(=O)(Oc2ccccc2)Oc2ccccc2)c(C(C)(C)C)cc1OP(=O)(Oc1ccccc1)Oc1ccccc1. The summed E-state index contributed by atoms with van der Waals surface area (Å²) < 4.78 is 65.4. The van der Waals surface area contributed by atoms with Gasteiger partial charge in [-0.3, -0.25) is 0 Å². The molecule has 5 rings (SSSR count). The largest absolute Gasteiger partial charge is 0.647 e. The molecule has 0 N–H and O–H groups in total.